The summed E-state index contributed by atoms with van der Waals surface area (Å²) >= 11 is 0. The van der Waals surface area contributed by atoms with Crippen LogP contribution in [0.3, 0.4) is 0 Å². The van der Waals surface area contributed by atoms with Crippen LogP contribution < -0.4 is 9.62 Å². The average molecular weight is 398 g/mol. The van der Waals surface area contributed by atoms with E-state index in [-0.39, 0.29) is 5.94 Å². The Balaban J connectivity index is 1.55. The van der Waals surface area contributed by atoms with Gasteiger partial charge >= 0.3 is 0 Å². The maximum atomic E-state index is 11.3. The van der Waals surface area contributed by atoms with E-state index in [1.165, 1.54) is 0 Å². The number of rotatable bonds is 6. The number of aliphatic hydroxyl groups is 1. The van der Waals surface area contributed by atoms with Gasteiger partial charge in [0.2, 0.25) is 0 Å². The van der Waals surface area contributed by atoms with Gasteiger partial charge < -0.3 is 14.7 Å². The Hall–Kier alpha value is -2.39. The maximum Gasteiger partial charge on any atom is 0.148 e. The summed E-state index contributed by atoms with van der Waals surface area (Å²) in [5.74, 6) is 0.495. The zero-order valence-corrected chi connectivity index (χ0v) is 16.2. The minimum Gasteiger partial charge on any atom is -0.382 e. The fourth-order valence-corrected chi connectivity index (χ4v) is 3.57. The number of ether oxygens (including phenoxy) is 1. The van der Waals surface area contributed by atoms with Gasteiger partial charge in [0, 0.05) is 19.6 Å². The lowest BCUT2D eigenvalue weighted by molar-refractivity contribution is 0.122. The van der Waals surface area contributed by atoms with Crippen molar-refractivity contribution in [2.75, 3.05) is 37.1 Å². The molecule has 1 atom stereocenters. The largest absolute Gasteiger partial charge is 0.382 e. The van der Waals surface area contributed by atoms with E-state index in [9.17, 15) is 4.21 Å². The van der Waals surface area contributed by atoms with E-state index in [1.54, 1.807) is 0 Å². The first kappa shape index (κ1) is 18.9. The molecule has 1 unspecified atom stereocenters. The lowest BCUT2D eigenvalue weighted by Crippen LogP contribution is -2.36. The summed E-state index contributed by atoms with van der Waals surface area (Å²) < 4.78 is 19.4. The fraction of sp³-hybridized carbons (Fsp3) is 0.300. The van der Waals surface area contributed by atoms with Gasteiger partial charge in [-0.25, -0.2) is 13.9 Å². The molecule has 2 aromatic carbocycles. The molecule has 3 aromatic rings. The number of hydrogen-bond donors (Lipinski definition) is 2. The van der Waals surface area contributed by atoms with Gasteiger partial charge in [-0.15, -0.1) is 0 Å². The molecule has 1 aliphatic heterocycles. The summed E-state index contributed by atoms with van der Waals surface area (Å²) in [5.41, 5.74) is 4.88. The maximum absolute atomic E-state index is 11.3. The molecule has 1 aromatic heterocycles. The molecule has 1 fully saturated rings. The van der Waals surface area contributed by atoms with Crippen molar-refractivity contribution >= 4 is 27.8 Å². The first-order valence-corrected chi connectivity index (χ1v) is 10.5. The average Bonchev–Trinajstić information content (AvgIpc) is 2.77. The molecular formula is C20H22N4O3S. The standard InChI is InChI=1S/C20H22N4O3S/c25-14-28(26)22-12-15-1-3-16(4-2-15)17-5-6-18-19(11-17)23-20(13-21-18)24-7-9-27-10-8-24/h1-6,11,13,22,25H,7-10,12,14H2. The molecule has 2 heterocycles. The van der Waals surface area contributed by atoms with Crippen LogP contribution in [0, 0.1) is 0 Å². The smallest absolute Gasteiger partial charge is 0.148 e. The highest BCUT2D eigenvalue weighted by Crippen LogP contribution is 2.25. The van der Waals surface area contributed by atoms with Gasteiger partial charge in [0.15, 0.2) is 0 Å². The van der Waals surface area contributed by atoms with Crippen molar-refractivity contribution in [1.82, 2.24) is 14.7 Å². The first-order valence-electron chi connectivity index (χ1n) is 9.14. The van der Waals surface area contributed by atoms with Gasteiger partial charge in [0.25, 0.3) is 0 Å². The van der Waals surface area contributed by atoms with Gasteiger partial charge in [-0.3, -0.25) is 4.98 Å². The normalized spacial score (nSPS) is 15.7. The van der Waals surface area contributed by atoms with Gasteiger partial charge in [-0.05, 0) is 28.8 Å². The third kappa shape index (κ3) is 4.36. The van der Waals surface area contributed by atoms with Crippen molar-refractivity contribution in [2.24, 2.45) is 0 Å². The van der Waals surface area contributed by atoms with Crippen molar-refractivity contribution in [1.29, 1.82) is 0 Å². The molecular weight excluding hydrogens is 376 g/mol. The Morgan fingerprint density at radius 3 is 2.57 bits per heavy atom. The van der Waals surface area contributed by atoms with Crippen molar-refractivity contribution < 1.29 is 14.1 Å². The predicted molar refractivity (Wildman–Crippen MR) is 110 cm³/mol. The lowest BCUT2D eigenvalue weighted by Gasteiger charge is -2.27. The molecule has 1 aliphatic rings. The van der Waals surface area contributed by atoms with Gasteiger partial charge in [0.05, 0.1) is 30.4 Å². The SMILES string of the molecule is O=S(CO)NCc1ccc(-c2ccc3ncc(N4CCOCC4)nc3c2)cc1. The molecule has 0 spiro atoms. The van der Waals surface area contributed by atoms with Crippen LogP contribution in [-0.4, -0.2) is 51.5 Å². The molecule has 7 nitrogen and oxygen atoms in total. The monoisotopic (exact) mass is 398 g/mol. The lowest BCUT2D eigenvalue weighted by atomic mass is 10.0. The number of nitrogens with one attached hydrogen (secondary N) is 1. The van der Waals surface area contributed by atoms with E-state index in [4.69, 9.17) is 14.8 Å². The summed E-state index contributed by atoms with van der Waals surface area (Å²) in [4.78, 5) is 11.5. The molecule has 1 saturated heterocycles. The Morgan fingerprint density at radius 2 is 1.82 bits per heavy atom. The quantitative estimate of drug-likeness (QED) is 0.659. The van der Waals surface area contributed by atoms with Crippen molar-refractivity contribution in [2.45, 2.75) is 6.54 Å². The predicted octanol–water partition coefficient (Wildman–Crippen LogP) is 1.84. The number of hydrogen-bond acceptors (Lipinski definition) is 6. The van der Waals surface area contributed by atoms with Crippen LogP contribution in [0.4, 0.5) is 5.82 Å². The van der Waals surface area contributed by atoms with Crippen LogP contribution in [-0.2, 0) is 22.3 Å². The van der Waals surface area contributed by atoms with E-state index in [0.29, 0.717) is 19.8 Å². The highest BCUT2D eigenvalue weighted by Gasteiger charge is 2.13. The molecule has 146 valence electrons. The number of benzene rings is 2. The van der Waals surface area contributed by atoms with Crippen LogP contribution in [0.25, 0.3) is 22.2 Å². The minimum atomic E-state index is -1.41. The summed E-state index contributed by atoms with van der Waals surface area (Å²) in [6.07, 6.45) is 1.82. The van der Waals surface area contributed by atoms with Crippen LogP contribution in [0.15, 0.2) is 48.7 Å². The molecule has 0 radical (unpaired) electrons. The molecule has 0 saturated carbocycles. The molecule has 2 N–H and O–H groups in total. The van der Waals surface area contributed by atoms with E-state index >= 15 is 0 Å². The number of morpholine rings is 1. The van der Waals surface area contributed by atoms with Crippen LogP contribution in [0.2, 0.25) is 0 Å². The fourth-order valence-electron chi connectivity index (χ4n) is 3.15. The van der Waals surface area contributed by atoms with Gasteiger partial charge in [-0.2, -0.15) is 0 Å². The van der Waals surface area contributed by atoms with E-state index < -0.39 is 11.0 Å². The first-order chi connectivity index (χ1) is 13.7. The van der Waals surface area contributed by atoms with Crippen LogP contribution >= 0.6 is 0 Å². The Kier molecular flexibility index (Phi) is 5.92. The highest BCUT2D eigenvalue weighted by atomic mass is 32.2. The number of aliphatic hydroxyl groups excluding tert-OH is 1. The summed E-state index contributed by atoms with van der Waals surface area (Å²) in [5, 5.41) is 8.81. The Labute approximate surface area is 166 Å². The second-order valence-corrected chi connectivity index (χ2v) is 7.76. The van der Waals surface area contributed by atoms with E-state index in [1.807, 2.05) is 42.6 Å². The highest BCUT2D eigenvalue weighted by molar-refractivity contribution is 7.82. The second-order valence-electron chi connectivity index (χ2n) is 6.52. The molecule has 0 aliphatic carbocycles. The second kappa shape index (κ2) is 8.74. The summed E-state index contributed by atoms with van der Waals surface area (Å²) in [6, 6.07) is 14.1. The number of aromatic nitrogens is 2. The van der Waals surface area contributed by atoms with Crippen LogP contribution in [0.5, 0.6) is 0 Å². The summed E-state index contributed by atoms with van der Waals surface area (Å²) in [7, 11) is -1.41. The van der Waals surface area contributed by atoms with Gasteiger partial charge in [-0.1, -0.05) is 30.3 Å². The van der Waals surface area contributed by atoms with Crippen molar-refractivity contribution in [3.63, 3.8) is 0 Å². The molecule has 0 amide bonds. The Bertz CT molecular complexity index is 975. The molecule has 4 rings (SSSR count). The Morgan fingerprint density at radius 1 is 1.07 bits per heavy atom. The number of anilines is 1. The van der Waals surface area contributed by atoms with Crippen molar-refractivity contribution in [3.05, 3.63) is 54.2 Å². The van der Waals surface area contributed by atoms with Gasteiger partial charge in [0.1, 0.15) is 22.7 Å². The molecule has 8 heteroatoms. The topological polar surface area (TPSA) is 87.6 Å². The third-order valence-corrected chi connectivity index (χ3v) is 5.41. The van der Waals surface area contributed by atoms with Crippen molar-refractivity contribution in [3.8, 4) is 11.1 Å². The number of nitrogens with zero attached hydrogens (tertiary/aromatic N) is 3. The van der Waals surface area contributed by atoms with Crippen LogP contribution in [0.1, 0.15) is 5.56 Å². The molecule has 0 bridgehead atoms. The minimum absolute atomic E-state index is 0.386. The zero-order valence-electron chi connectivity index (χ0n) is 15.4. The number of fused-ring (bicyclic) bond motifs is 1. The van der Waals surface area contributed by atoms with E-state index in [2.05, 4.69) is 20.7 Å². The zero-order chi connectivity index (χ0) is 19.3. The third-order valence-electron chi connectivity index (χ3n) is 4.71. The molecule has 28 heavy (non-hydrogen) atoms. The summed E-state index contributed by atoms with van der Waals surface area (Å²) in [6.45, 7) is 3.53. The van der Waals surface area contributed by atoms with E-state index in [0.717, 1.165) is 46.6 Å².